The minimum Gasteiger partial charge on any atom is -0.360 e. The molecular formula is C8H16N2O10S2. The molecule has 0 saturated heterocycles. The first kappa shape index (κ1) is 20.7. The van der Waals surface area contributed by atoms with E-state index in [1.165, 1.54) is 0 Å². The third kappa shape index (κ3) is 7.62. The van der Waals surface area contributed by atoms with E-state index >= 15 is 0 Å². The summed E-state index contributed by atoms with van der Waals surface area (Å²) in [6.45, 7) is -0.536. The van der Waals surface area contributed by atoms with Crippen LogP contribution in [0.15, 0.2) is 0 Å². The van der Waals surface area contributed by atoms with Crippen molar-refractivity contribution in [3.05, 3.63) is 0 Å². The first-order chi connectivity index (χ1) is 10.2. The molecule has 0 fully saturated rings. The summed E-state index contributed by atoms with van der Waals surface area (Å²) in [6, 6.07) is 0. The molecule has 0 aromatic carbocycles. The monoisotopic (exact) mass is 364 g/mol. The maximum Gasteiger partial charge on any atom is 0.470 e. The molecule has 0 heterocycles. The van der Waals surface area contributed by atoms with Crippen LogP contribution in [0.4, 0.5) is 9.59 Å². The molecular weight excluding hydrogens is 348 g/mol. The SMILES string of the molecule is NOC(=O)S(=O)(=O)OCCCCCCOS(=O)(=O)C(=O)ON. The summed E-state index contributed by atoms with van der Waals surface area (Å²) in [4.78, 5) is 28.3. The van der Waals surface area contributed by atoms with Crippen LogP contribution in [0.1, 0.15) is 25.7 Å². The molecule has 0 aliphatic rings. The second-order valence-electron chi connectivity index (χ2n) is 3.70. The van der Waals surface area contributed by atoms with Gasteiger partial charge in [-0.15, -0.1) is 0 Å². The fourth-order valence-electron chi connectivity index (χ4n) is 1.11. The van der Waals surface area contributed by atoms with E-state index in [0.29, 0.717) is 12.8 Å². The smallest absolute Gasteiger partial charge is 0.360 e. The lowest BCUT2D eigenvalue weighted by atomic mass is 10.2. The van der Waals surface area contributed by atoms with Crippen molar-refractivity contribution in [3.63, 3.8) is 0 Å². The predicted octanol–water partition coefficient (Wildman–Crippen LogP) is -0.740. The Balaban J connectivity index is 3.76. The van der Waals surface area contributed by atoms with Crippen LogP contribution in [0.3, 0.4) is 0 Å². The van der Waals surface area contributed by atoms with Crippen LogP contribution >= 0.6 is 0 Å². The molecule has 0 bridgehead atoms. The lowest BCUT2D eigenvalue weighted by Crippen LogP contribution is -2.22. The van der Waals surface area contributed by atoms with Gasteiger partial charge in [0, 0.05) is 0 Å². The quantitative estimate of drug-likeness (QED) is 0.296. The van der Waals surface area contributed by atoms with E-state index in [9.17, 15) is 26.4 Å². The molecule has 0 spiro atoms. The van der Waals surface area contributed by atoms with Gasteiger partial charge >= 0.3 is 30.8 Å². The van der Waals surface area contributed by atoms with Crippen molar-refractivity contribution in [1.29, 1.82) is 0 Å². The summed E-state index contributed by atoms with van der Waals surface area (Å²) >= 11 is 0. The van der Waals surface area contributed by atoms with Crippen molar-refractivity contribution in [2.45, 2.75) is 25.7 Å². The molecule has 14 heteroatoms. The molecule has 0 aromatic heterocycles. The van der Waals surface area contributed by atoms with Gasteiger partial charge in [-0.05, 0) is 12.8 Å². The number of hydrogen-bond acceptors (Lipinski definition) is 12. The summed E-state index contributed by atoms with van der Waals surface area (Å²) in [7, 11) is -8.99. The maximum absolute atomic E-state index is 11.0. The third-order valence-corrected chi connectivity index (χ3v) is 4.08. The molecule has 0 atom stereocenters. The number of carbonyl (C=O) groups is 2. The molecule has 0 radical (unpaired) electrons. The number of nitrogens with two attached hydrogens (primary N) is 2. The average molecular weight is 364 g/mol. The van der Waals surface area contributed by atoms with Crippen LogP contribution in [0, 0.1) is 0 Å². The summed E-state index contributed by atoms with van der Waals surface area (Å²) in [6.07, 6.45) is 1.46. The van der Waals surface area contributed by atoms with Gasteiger partial charge < -0.3 is 9.68 Å². The highest BCUT2D eigenvalue weighted by Crippen LogP contribution is 2.06. The number of carbonyl (C=O) groups excluding carboxylic acids is 2. The van der Waals surface area contributed by atoms with Crippen LogP contribution < -0.4 is 11.8 Å². The molecule has 0 amide bonds. The minimum atomic E-state index is -4.49. The molecule has 0 aliphatic heterocycles. The zero-order chi connectivity index (χ0) is 17.2. The van der Waals surface area contributed by atoms with Crippen LogP contribution in [0.2, 0.25) is 0 Å². The van der Waals surface area contributed by atoms with Gasteiger partial charge in [0.2, 0.25) is 0 Å². The van der Waals surface area contributed by atoms with E-state index in [2.05, 4.69) is 29.8 Å². The normalized spacial score (nSPS) is 11.9. The van der Waals surface area contributed by atoms with E-state index in [1.54, 1.807) is 0 Å². The molecule has 0 aromatic rings. The van der Waals surface area contributed by atoms with E-state index in [1.807, 2.05) is 0 Å². The Kier molecular flexibility index (Phi) is 9.07. The zero-order valence-electron chi connectivity index (χ0n) is 11.3. The van der Waals surface area contributed by atoms with Crippen molar-refractivity contribution in [2.24, 2.45) is 11.8 Å². The zero-order valence-corrected chi connectivity index (χ0v) is 12.9. The number of rotatable bonds is 9. The molecule has 0 unspecified atom stereocenters. The lowest BCUT2D eigenvalue weighted by Gasteiger charge is -2.04. The second kappa shape index (κ2) is 9.65. The van der Waals surface area contributed by atoms with Gasteiger partial charge in [0.15, 0.2) is 0 Å². The topological polar surface area (TPSA) is 191 Å². The summed E-state index contributed by atoms with van der Waals surface area (Å²) < 4.78 is 52.5. The first-order valence-corrected chi connectivity index (χ1v) is 8.59. The van der Waals surface area contributed by atoms with Crippen LogP contribution in [-0.4, -0.2) is 40.7 Å². The van der Waals surface area contributed by atoms with Gasteiger partial charge in [-0.1, -0.05) is 12.8 Å². The molecule has 0 rings (SSSR count). The molecule has 4 N–H and O–H groups in total. The third-order valence-electron chi connectivity index (χ3n) is 2.12. The highest BCUT2D eigenvalue weighted by Gasteiger charge is 2.25. The summed E-state index contributed by atoms with van der Waals surface area (Å²) in [5.74, 6) is 8.79. The standard InChI is InChI=1S/C8H16N2O10S2/c9-19-7(11)21(13,14)17-5-3-1-2-4-6-18-22(15,16)8(12)20-10/h1-6,9-10H2. The summed E-state index contributed by atoms with van der Waals surface area (Å²) in [5.41, 5.74) is 0. The Bertz CT molecular complexity index is 518. The largest absolute Gasteiger partial charge is 0.470 e. The average Bonchev–Trinajstić information content (AvgIpc) is 2.47. The Labute approximate surface area is 126 Å². The Morgan fingerprint density at radius 3 is 1.27 bits per heavy atom. The van der Waals surface area contributed by atoms with Crippen molar-refractivity contribution in [3.8, 4) is 0 Å². The second-order valence-corrected chi connectivity index (χ2v) is 6.66. The highest BCUT2D eigenvalue weighted by atomic mass is 32.2. The van der Waals surface area contributed by atoms with Gasteiger partial charge in [-0.25, -0.2) is 9.59 Å². The Morgan fingerprint density at radius 1 is 0.682 bits per heavy atom. The van der Waals surface area contributed by atoms with Crippen molar-refractivity contribution >= 4 is 30.8 Å². The summed E-state index contributed by atoms with van der Waals surface area (Å²) in [5, 5.41) is -3.39. The molecule has 0 aliphatic carbocycles. The van der Waals surface area contributed by atoms with E-state index in [4.69, 9.17) is 0 Å². The molecule has 12 nitrogen and oxygen atoms in total. The van der Waals surface area contributed by atoms with E-state index in [0.717, 1.165) is 0 Å². The minimum absolute atomic E-state index is 0.268. The maximum atomic E-state index is 11.0. The van der Waals surface area contributed by atoms with Gasteiger partial charge in [0.25, 0.3) is 0 Å². The Hall–Kier alpha value is -1.32. The highest BCUT2D eigenvalue weighted by molar-refractivity contribution is 8.01. The predicted molar refractivity (Wildman–Crippen MR) is 69.5 cm³/mol. The molecule has 0 saturated carbocycles. The van der Waals surface area contributed by atoms with Crippen molar-refractivity contribution in [2.75, 3.05) is 13.2 Å². The van der Waals surface area contributed by atoms with Gasteiger partial charge in [0.1, 0.15) is 0 Å². The van der Waals surface area contributed by atoms with E-state index < -0.39 is 30.8 Å². The molecule has 22 heavy (non-hydrogen) atoms. The van der Waals surface area contributed by atoms with Crippen molar-refractivity contribution < 1.29 is 44.5 Å². The van der Waals surface area contributed by atoms with Gasteiger partial charge in [-0.3, -0.25) is 8.37 Å². The number of unbranched alkanes of at least 4 members (excludes halogenated alkanes) is 3. The number of hydrogen-bond donors (Lipinski definition) is 2. The van der Waals surface area contributed by atoms with Crippen molar-refractivity contribution in [1.82, 2.24) is 0 Å². The lowest BCUT2D eigenvalue weighted by molar-refractivity contribution is 0.167. The van der Waals surface area contributed by atoms with E-state index in [-0.39, 0.29) is 26.1 Å². The fraction of sp³-hybridized carbons (Fsp3) is 0.750. The molecule has 130 valence electrons. The Morgan fingerprint density at radius 2 is 1.00 bits per heavy atom. The van der Waals surface area contributed by atoms with Crippen LogP contribution in [-0.2, 0) is 38.3 Å². The first-order valence-electron chi connectivity index (χ1n) is 5.77. The fourth-order valence-corrected chi connectivity index (χ4v) is 2.21. The van der Waals surface area contributed by atoms with Crippen LogP contribution in [0.25, 0.3) is 0 Å². The van der Waals surface area contributed by atoms with Gasteiger partial charge in [0.05, 0.1) is 13.2 Å². The van der Waals surface area contributed by atoms with Gasteiger partial charge in [-0.2, -0.15) is 28.6 Å². The van der Waals surface area contributed by atoms with Crippen LogP contribution in [0.5, 0.6) is 0 Å².